The molecule has 1 heterocycles. The molecule has 1 aliphatic rings. The fraction of sp³-hybridized carbons (Fsp3) is 0.429. The number of hydrogen-bond donors (Lipinski definition) is 1. The van der Waals surface area contributed by atoms with Crippen molar-refractivity contribution in [3.8, 4) is 11.8 Å². The predicted octanol–water partition coefficient (Wildman–Crippen LogP) is 1.05. The van der Waals surface area contributed by atoms with Gasteiger partial charge in [0.15, 0.2) is 0 Å². The summed E-state index contributed by atoms with van der Waals surface area (Å²) in [5.41, 5.74) is 1.13. The maximum atomic E-state index is 12.3. The van der Waals surface area contributed by atoms with Crippen molar-refractivity contribution in [2.24, 2.45) is 0 Å². The van der Waals surface area contributed by atoms with Gasteiger partial charge in [0.1, 0.15) is 6.61 Å². The van der Waals surface area contributed by atoms with Gasteiger partial charge in [0, 0.05) is 25.5 Å². The Hall–Kier alpha value is -1.86. The first-order valence-corrected chi connectivity index (χ1v) is 6.05. The third-order valence-corrected chi connectivity index (χ3v) is 3.30. The lowest BCUT2D eigenvalue weighted by Crippen LogP contribution is -2.41. The molecule has 0 saturated heterocycles. The Morgan fingerprint density at radius 2 is 2.39 bits per heavy atom. The molecular formula is C14H16N2O2. The van der Waals surface area contributed by atoms with E-state index in [0.717, 1.165) is 12.8 Å². The highest BCUT2D eigenvalue weighted by molar-refractivity contribution is 5.96. The molecule has 4 heteroatoms. The predicted molar refractivity (Wildman–Crippen MR) is 67.9 cm³/mol. The van der Waals surface area contributed by atoms with Gasteiger partial charge in [0.05, 0.1) is 11.1 Å². The minimum absolute atomic E-state index is 0.0238. The molecule has 0 unspecified atom stereocenters. The van der Waals surface area contributed by atoms with Crippen LogP contribution in [0.2, 0.25) is 0 Å². The highest BCUT2D eigenvalue weighted by atomic mass is 16.2. The van der Waals surface area contributed by atoms with Gasteiger partial charge in [0.2, 0.25) is 0 Å². The van der Waals surface area contributed by atoms with Crippen molar-refractivity contribution in [2.45, 2.75) is 25.3 Å². The molecule has 18 heavy (non-hydrogen) atoms. The van der Waals surface area contributed by atoms with E-state index in [2.05, 4.69) is 16.8 Å². The minimum atomic E-state index is -0.221. The topological polar surface area (TPSA) is 53.4 Å². The van der Waals surface area contributed by atoms with Crippen LogP contribution in [0.15, 0.2) is 18.5 Å². The second-order valence-corrected chi connectivity index (χ2v) is 4.38. The van der Waals surface area contributed by atoms with Crippen LogP contribution >= 0.6 is 0 Å². The number of pyridine rings is 1. The minimum Gasteiger partial charge on any atom is -0.384 e. The smallest absolute Gasteiger partial charge is 0.255 e. The fourth-order valence-electron chi connectivity index (χ4n) is 1.95. The van der Waals surface area contributed by atoms with Crippen molar-refractivity contribution >= 4 is 5.91 Å². The summed E-state index contributed by atoms with van der Waals surface area (Å²) < 4.78 is 0. The van der Waals surface area contributed by atoms with Crippen LogP contribution in [0.3, 0.4) is 0 Å². The molecule has 0 radical (unpaired) electrons. The van der Waals surface area contributed by atoms with E-state index in [4.69, 9.17) is 5.11 Å². The molecule has 1 amide bonds. The van der Waals surface area contributed by atoms with E-state index in [-0.39, 0.29) is 12.5 Å². The van der Waals surface area contributed by atoms with Gasteiger partial charge < -0.3 is 10.0 Å². The normalized spacial score (nSPS) is 14.3. The van der Waals surface area contributed by atoms with Gasteiger partial charge in [-0.3, -0.25) is 9.78 Å². The number of hydrogen-bond acceptors (Lipinski definition) is 3. The zero-order valence-electron chi connectivity index (χ0n) is 10.4. The van der Waals surface area contributed by atoms with Gasteiger partial charge in [-0.1, -0.05) is 11.8 Å². The monoisotopic (exact) mass is 244 g/mol. The molecule has 0 spiro atoms. The summed E-state index contributed by atoms with van der Waals surface area (Å²) in [6.45, 7) is -0.221. The highest BCUT2D eigenvalue weighted by Crippen LogP contribution is 2.25. The Kier molecular flexibility index (Phi) is 3.96. The molecule has 94 valence electrons. The largest absolute Gasteiger partial charge is 0.384 e. The summed E-state index contributed by atoms with van der Waals surface area (Å²) in [6, 6.07) is 2.03. The average Bonchev–Trinajstić information content (AvgIpc) is 2.33. The molecule has 1 aliphatic carbocycles. The summed E-state index contributed by atoms with van der Waals surface area (Å²) in [7, 11) is 1.83. The van der Waals surface area contributed by atoms with Crippen molar-refractivity contribution in [3.05, 3.63) is 29.6 Å². The van der Waals surface area contributed by atoms with E-state index in [1.807, 2.05) is 7.05 Å². The standard InChI is InChI=1S/C14H16N2O2/c1-16(12-5-2-6-12)14(18)13-7-8-15-10-11(13)4-3-9-17/h7-8,10,12,17H,2,5-6,9H2,1H3. The average molecular weight is 244 g/mol. The summed E-state index contributed by atoms with van der Waals surface area (Å²) in [5.74, 6) is 5.29. The molecule has 4 nitrogen and oxygen atoms in total. The van der Waals surface area contributed by atoms with Crippen LogP contribution in [0.25, 0.3) is 0 Å². The quantitative estimate of drug-likeness (QED) is 0.791. The Morgan fingerprint density at radius 1 is 1.61 bits per heavy atom. The number of nitrogens with zero attached hydrogens (tertiary/aromatic N) is 2. The van der Waals surface area contributed by atoms with Crippen LogP contribution in [-0.2, 0) is 0 Å². The Balaban J connectivity index is 2.23. The summed E-state index contributed by atoms with van der Waals surface area (Å²) >= 11 is 0. The number of aliphatic hydroxyl groups excluding tert-OH is 1. The Morgan fingerprint density at radius 3 is 3.00 bits per heavy atom. The van der Waals surface area contributed by atoms with Crippen molar-refractivity contribution in [1.82, 2.24) is 9.88 Å². The molecule has 0 bridgehead atoms. The van der Waals surface area contributed by atoms with Gasteiger partial charge in [-0.25, -0.2) is 0 Å². The van der Waals surface area contributed by atoms with Gasteiger partial charge >= 0.3 is 0 Å². The van der Waals surface area contributed by atoms with E-state index < -0.39 is 0 Å². The van der Waals surface area contributed by atoms with Crippen LogP contribution in [0.1, 0.15) is 35.2 Å². The van der Waals surface area contributed by atoms with Gasteiger partial charge in [0.25, 0.3) is 5.91 Å². The second-order valence-electron chi connectivity index (χ2n) is 4.38. The maximum absolute atomic E-state index is 12.3. The molecule has 1 N–H and O–H groups in total. The maximum Gasteiger partial charge on any atom is 0.255 e. The number of carbonyl (C=O) groups is 1. The van der Waals surface area contributed by atoms with Crippen LogP contribution in [0.5, 0.6) is 0 Å². The highest BCUT2D eigenvalue weighted by Gasteiger charge is 2.27. The second kappa shape index (κ2) is 5.65. The molecule has 0 aromatic carbocycles. The van der Waals surface area contributed by atoms with E-state index in [1.165, 1.54) is 6.42 Å². The van der Waals surface area contributed by atoms with Gasteiger partial charge in [-0.15, -0.1) is 0 Å². The first kappa shape index (κ1) is 12.6. The summed E-state index contributed by atoms with van der Waals surface area (Å²) in [4.78, 5) is 18.1. The van der Waals surface area contributed by atoms with Crippen LogP contribution in [0, 0.1) is 11.8 Å². The van der Waals surface area contributed by atoms with E-state index in [0.29, 0.717) is 17.2 Å². The zero-order valence-corrected chi connectivity index (χ0v) is 10.4. The van der Waals surface area contributed by atoms with E-state index in [9.17, 15) is 4.79 Å². The molecule has 0 atom stereocenters. The molecular weight excluding hydrogens is 228 g/mol. The number of carbonyl (C=O) groups excluding carboxylic acids is 1. The molecule has 0 aliphatic heterocycles. The molecule has 1 aromatic rings. The van der Waals surface area contributed by atoms with Gasteiger partial charge in [-0.05, 0) is 25.3 Å². The lowest BCUT2D eigenvalue weighted by atomic mass is 9.91. The van der Waals surface area contributed by atoms with Crippen LogP contribution in [0.4, 0.5) is 0 Å². The lowest BCUT2D eigenvalue weighted by Gasteiger charge is -2.34. The van der Waals surface area contributed by atoms with Gasteiger partial charge in [-0.2, -0.15) is 0 Å². The number of amides is 1. The number of rotatable bonds is 2. The third-order valence-electron chi connectivity index (χ3n) is 3.30. The van der Waals surface area contributed by atoms with Crippen molar-refractivity contribution in [1.29, 1.82) is 0 Å². The first-order chi connectivity index (χ1) is 8.74. The van der Waals surface area contributed by atoms with Crippen molar-refractivity contribution in [2.75, 3.05) is 13.7 Å². The lowest BCUT2D eigenvalue weighted by molar-refractivity contribution is 0.0651. The molecule has 1 fully saturated rings. The summed E-state index contributed by atoms with van der Waals surface area (Å²) in [6.07, 6.45) is 6.49. The van der Waals surface area contributed by atoms with Crippen LogP contribution in [-0.4, -0.2) is 40.6 Å². The van der Waals surface area contributed by atoms with E-state index >= 15 is 0 Å². The third kappa shape index (κ3) is 2.52. The zero-order chi connectivity index (χ0) is 13.0. The summed E-state index contributed by atoms with van der Waals surface area (Å²) in [5, 5.41) is 8.71. The number of aliphatic hydroxyl groups is 1. The SMILES string of the molecule is CN(C(=O)c1ccncc1C#CCO)C1CCC1. The Bertz CT molecular complexity index is 498. The van der Waals surface area contributed by atoms with E-state index in [1.54, 1.807) is 23.4 Å². The van der Waals surface area contributed by atoms with Crippen molar-refractivity contribution in [3.63, 3.8) is 0 Å². The molecule has 2 rings (SSSR count). The first-order valence-electron chi connectivity index (χ1n) is 6.05. The van der Waals surface area contributed by atoms with Crippen molar-refractivity contribution < 1.29 is 9.90 Å². The molecule has 1 saturated carbocycles. The fourth-order valence-corrected chi connectivity index (χ4v) is 1.95. The molecule has 1 aromatic heterocycles. The Labute approximate surface area is 107 Å². The van der Waals surface area contributed by atoms with Crippen LogP contribution < -0.4 is 0 Å². The number of aromatic nitrogens is 1.